The van der Waals surface area contributed by atoms with E-state index in [-0.39, 0.29) is 12.3 Å². The molecular weight excluding hydrogens is 462 g/mol. The second-order valence-electron chi connectivity index (χ2n) is 7.64. The number of halogens is 1. The monoisotopic (exact) mass is 487 g/mol. The Morgan fingerprint density at radius 3 is 2.73 bits per heavy atom. The minimum Gasteiger partial charge on any atom is -0.495 e. The van der Waals surface area contributed by atoms with E-state index in [9.17, 15) is 4.79 Å². The van der Waals surface area contributed by atoms with Crippen LogP contribution in [0.5, 0.6) is 11.5 Å². The summed E-state index contributed by atoms with van der Waals surface area (Å²) in [6.45, 7) is 4.36. The number of methoxy groups -OCH3 is 2. The van der Waals surface area contributed by atoms with Crippen LogP contribution in [-0.2, 0) is 22.5 Å². The van der Waals surface area contributed by atoms with Crippen LogP contribution in [0.25, 0.3) is 10.6 Å². The summed E-state index contributed by atoms with van der Waals surface area (Å²) in [6, 6.07) is 11.7. The summed E-state index contributed by atoms with van der Waals surface area (Å²) in [5.74, 6) is 0.724. The van der Waals surface area contributed by atoms with Crippen molar-refractivity contribution in [3.05, 3.63) is 58.1 Å². The molecule has 7 nitrogen and oxygen atoms in total. The van der Waals surface area contributed by atoms with E-state index in [4.69, 9.17) is 25.8 Å². The van der Waals surface area contributed by atoms with Gasteiger partial charge in [-0.15, -0.1) is 11.3 Å². The molecule has 0 radical (unpaired) electrons. The number of morpholine rings is 1. The SMILES string of the molecule is COc1cc(NC(=O)Cc2csc(-c3cccc(CN4CCOCC4)c3)n2)c(OC)cc1Cl. The fraction of sp³-hybridized carbons (Fsp3) is 0.333. The van der Waals surface area contributed by atoms with Gasteiger partial charge >= 0.3 is 0 Å². The molecule has 1 amide bonds. The largest absolute Gasteiger partial charge is 0.495 e. The molecule has 4 rings (SSSR count). The van der Waals surface area contributed by atoms with Crippen LogP contribution in [0.1, 0.15) is 11.3 Å². The van der Waals surface area contributed by atoms with Crippen LogP contribution in [0.4, 0.5) is 5.69 Å². The first-order valence-corrected chi connectivity index (χ1v) is 11.9. The molecule has 0 spiro atoms. The summed E-state index contributed by atoms with van der Waals surface area (Å²) < 4.78 is 16.0. The van der Waals surface area contributed by atoms with Gasteiger partial charge in [0, 0.05) is 42.7 Å². The zero-order chi connectivity index (χ0) is 23.2. The lowest BCUT2D eigenvalue weighted by atomic mass is 10.1. The molecule has 0 unspecified atom stereocenters. The third kappa shape index (κ3) is 6.03. The van der Waals surface area contributed by atoms with Gasteiger partial charge in [0.15, 0.2) is 0 Å². The van der Waals surface area contributed by atoms with Crippen molar-refractivity contribution in [3.8, 4) is 22.1 Å². The Morgan fingerprint density at radius 1 is 1.18 bits per heavy atom. The molecule has 2 heterocycles. The lowest BCUT2D eigenvalue weighted by molar-refractivity contribution is -0.115. The molecule has 2 aromatic carbocycles. The predicted molar refractivity (Wildman–Crippen MR) is 131 cm³/mol. The van der Waals surface area contributed by atoms with Gasteiger partial charge in [-0.05, 0) is 11.6 Å². The van der Waals surface area contributed by atoms with Gasteiger partial charge in [0.2, 0.25) is 5.91 Å². The quantitative estimate of drug-likeness (QED) is 0.504. The molecule has 9 heteroatoms. The minimum absolute atomic E-state index is 0.151. The van der Waals surface area contributed by atoms with Gasteiger partial charge in [-0.3, -0.25) is 9.69 Å². The first-order chi connectivity index (χ1) is 16.1. The smallest absolute Gasteiger partial charge is 0.230 e. The third-order valence-corrected chi connectivity index (χ3v) is 6.56. The second kappa shape index (κ2) is 11.0. The number of nitrogens with zero attached hydrogens (tertiary/aromatic N) is 2. The number of hydrogen-bond donors (Lipinski definition) is 1. The van der Waals surface area contributed by atoms with Crippen LogP contribution in [0.15, 0.2) is 41.8 Å². The fourth-order valence-electron chi connectivity index (χ4n) is 3.66. The number of thiazole rings is 1. The molecule has 0 atom stereocenters. The number of aromatic nitrogens is 1. The summed E-state index contributed by atoms with van der Waals surface area (Å²) in [4.78, 5) is 19.7. The highest BCUT2D eigenvalue weighted by Crippen LogP contribution is 2.36. The number of carbonyl (C=O) groups is 1. The molecule has 174 valence electrons. The van der Waals surface area contributed by atoms with Crippen molar-refractivity contribution in [3.63, 3.8) is 0 Å². The van der Waals surface area contributed by atoms with Crippen LogP contribution in [-0.4, -0.2) is 56.3 Å². The predicted octanol–water partition coefficient (Wildman–Crippen LogP) is 4.49. The molecule has 1 N–H and O–H groups in total. The number of benzene rings is 2. The Kier molecular flexibility index (Phi) is 7.82. The summed E-state index contributed by atoms with van der Waals surface area (Å²) in [5.41, 5.74) is 3.51. The Morgan fingerprint density at radius 2 is 1.97 bits per heavy atom. The highest BCUT2D eigenvalue weighted by Gasteiger charge is 2.15. The summed E-state index contributed by atoms with van der Waals surface area (Å²) >= 11 is 7.67. The molecule has 33 heavy (non-hydrogen) atoms. The van der Waals surface area contributed by atoms with Crippen LogP contribution >= 0.6 is 22.9 Å². The zero-order valence-corrected chi connectivity index (χ0v) is 20.2. The van der Waals surface area contributed by atoms with Crippen LogP contribution in [0, 0.1) is 0 Å². The maximum atomic E-state index is 12.7. The molecule has 1 aromatic heterocycles. The highest BCUT2D eigenvalue weighted by molar-refractivity contribution is 7.13. The van der Waals surface area contributed by atoms with Gasteiger partial charge in [-0.1, -0.05) is 29.8 Å². The van der Waals surface area contributed by atoms with E-state index < -0.39 is 0 Å². The second-order valence-corrected chi connectivity index (χ2v) is 8.91. The molecule has 1 aliphatic rings. The van der Waals surface area contributed by atoms with Crippen molar-refractivity contribution in [1.82, 2.24) is 9.88 Å². The van der Waals surface area contributed by atoms with Gasteiger partial charge < -0.3 is 19.5 Å². The number of amides is 1. The third-order valence-electron chi connectivity index (χ3n) is 5.33. The lowest BCUT2D eigenvalue weighted by Crippen LogP contribution is -2.35. The topological polar surface area (TPSA) is 72.9 Å². The van der Waals surface area contributed by atoms with E-state index >= 15 is 0 Å². The number of hydrogen-bond acceptors (Lipinski definition) is 7. The average molecular weight is 488 g/mol. The van der Waals surface area contributed by atoms with E-state index in [1.54, 1.807) is 12.1 Å². The Hall–Kier alpha value is -2.65. The van der Waals surface area contributed by atoms with Gasteiger partial charge in [0.25, 0.3) is 0 Å². The molecular formula is C24H26ClN3O4S. The molecule has 0 bridgehead atoms. The minimum atomic E-state index is -0.199. The maximum absolute atomic E-state index is 12.7. The molecule has 1 fully saturated rings. The van der Waals surface area contributed by atoms with E-state index in [1.807, 2.05) is 5.38 Å². The fourth-order valence-corrected chi connectivity index (χ4v) is 4.71. The van der Waals surface area contributed by atoms with Crippen molar-refractivity contribution < 1.29 is 19.0 Å². The Labute approximate surface area is 202 Å². The van der Waals surface area contributed by atoms with E-state index in [1.165, 1.54) is 31.1 Å². The number of nitrogens with one attached hydrogen (secondary N) is 1. The highest BCUT2D eigenvalue weighted by atomic mass is 35.5. The standard InChI is InChI=1S/C24H26ClN3O4S/c1-30-21-13-20(22(31-2)12-19(21)25)27-23(29)11-18-15-33-24(26-18)17-5-3-4-16(10-17)14-28-6-8-32-9-7-28/h3-5,10,12-13,15H,6-9,11,14H2,1-2H3,(H,27,29). The van der Waals surface area contributed by atoms with E-state index in [0.717, 1.165) is 43.4 Å². The van der Waals surface area contributed by atoms with Crippen molar-refractivity contribution >= 4 is 34.5 Å². The summed E-state index contributed by atoms with van der Waals surface area (Å²) in [6.07, 6.45) is 0.151. The van der Waals surface area contributed by atoms with Gasteiger partial charge in [0.05, 0.1) is 50.3 Å². The van der Waals surface area contributed by atoms with Crippen LogP contribution in [0.2, 0.25) is 5.02 Å². The van der Waals surface area contributed by atoms with E-state index in [2.05, 4.69) is 39.5 Å². The van der Waals surface area contributed by atoms with Crippen molar-refractivity contribution in [2.45, 2.75) is 13.0 Å². The molecule has 0 saturated carbocycles. The van der Waals surface area contributed by atoms with Gasteiger partial charge in [-0.2, -0.15) is 0 Å². The van der Waals surface area contributed by atoms with Gasteiger partial charge in [0.1, 0.15) is 16.5 Å². The first kappa shape index (κ1) is 23.5. The van der Waals surface area contributed by atoms with Crippen molar-refractivity contribution in [2.24, 2.45) is 0 Å². The molecule has 1 saturated heterocycles. The number of anilines is 1. The summed E-state index contributed by atoms with van der Waals surface area (Å²) in [7, 11) is 3.04. The normalized spacial score (nSPS) is 14.2. The molecule has 0 aliphatic carbocycles. The van der Waals surface area contributed by atoms with Crippen LogP contribution < -0.4 is 14.8 Å². The molecule has 3 aromatic rings. The average Bonchev–Trinajstić information content (AvgIpc) is 3.29. The van der Waals surface area contributed by atoms with E-state index in [0.29, 0.717) is 27.9 Å². The Bertz CT molecular complexity index is 1110. The van der Waals surface area contributed by atoms with Gasteiger partial charge in [-0.25, -0.2) is 4.98 Å². The molecule has 1 aliphatic heterocycles. The number of carbonyl (C=O) groups excluding carboxylic acids is 1. The van der Waals surface area contributed by atoms with Crippen molar-refractivity contribution in [1.29, 1.82) is 0 Å². The maximum Gasteiger partial charge on any atom is 0.230 e. The lowest BCUT2D eigenvalue weighted by Gasteiger charge is -2.26. The van der Waals surface area contributed by atoms with Crippen molar-refractivity contribution in [2.75, 3.05) is 45.8 Å². The first-order valence-electron chi connectivity index (χ1n) is 10.6. The number of ether oxygens (including phenoxy) is 3. The van der Waals surface area contributed by atoms with Crippen LogP contribution in [0.3, 0.4) is 0 Å². The number of rotatable bonds is 8. The summed E-state index contributed by atoms with van der Waals surface area (Å²) in [5, 5.41) is 6.09. The Balaban J connectivity index is 1.42. The zero-order valence-electron chi connectivity index (χ0n) is 18.6.